The van der Waals surface area contributed by atoms with E-state index in [0.29, 0.717) is 12.5 Å². The Kier molecular flexibility index (Phi) is 2.72. The van der Waals surface area contributed by atoms with E-state index >= 15 is 0 Å². The van der Waals surface area contributed by atoms with E-state index in [1.165, 1.54) is 18.5 Å². The van der Waals surface area contributed by atoms with Gasteiger partial charge in [0.05, 0.1) is 6.61 Å². The molecule has 0 amide bonds. The van der Waals surface area contributed by atoms with Crippen LogP contribution in [0.15, 0.2) is 0 Å². The fraction of sp³-hybridized carbons (Fsp3) is 0.700. The quantitative estimate of drug-likeness (QED) is 0.781. The first-order chi connectivity index (χ1) is 6.83. The molecule has 0 saturated carbocycles. The van der Waals surface area contributed by atoms with Crippen molar-refractivity contribution in [2.45, 2.75) is 32.7 Å². The first-order valence-corrected chi connectivity index (χ1v) is 5.13. The first kappa shape index (κ1) is 9.52. The summed E-state index contributed by atoms with van der Waals surface area (Å²) in [6.45, 7) is 3.41. The number of hydrogen-bond donors (Lipinski definition) is 1. The third-order valence-corrected chi connectivity index (χ3v) is 2.64. The van der Waals surface area contributed by atoms with E-state index in [4.69, 9.17) is 9.84 Å². The molecule has 78 valence electrons. The molecule has 0 aliphatic carbocycles. The van der Waals surface area contributed by atoms with Gasteiger partial charge < -0.3 is 9.84 Å². The lowest BCUT2D eigenvalue weighted by molar-refractivity contribution is 0.194. The summed E-state index contributed by atoms with van der Waals surface area (Å²) in [6, 6.07) is 0. The molecule has 0 bridgehead atoms. The highest BCUT2D eigenvalue weighted by molar-refractivity contribution is 5.30. The molecule has 1 aromatic rings. The molecule has 0 spiro atoms. The molecule has 4 nitrogen and oxygen atoms in total. The maximum absolute atomic E-state index is 8.66. The molecule has 14 heavy (non-hydrogen) atoms. The van der Waals surface area contributed by atoms with E-state index < -0.39 is 0 Å². The van der Waals surface area contributed by atoms with Gasteiger partial charge in [0.1, 0.15) is 6.61 Å². The van der Waals surface area contributed by atoms with Crippen molar-refractivity contribution in [2.24, 2.45) is 0 Å². The lowest BCUT2D eigenvalue weighted by atomic mass is 10.1. The number of aliphatic hydroxyl groups is 1. The monoisotopic (exact) mass is 196 g/mol. The SMILES string of the molecule is Cc1c(OCCO)nn2c1CCCC2. The number of fused-ring (bicyclic) bond motifs is 1. The second-order valence-electron chi connectivity index (χ2n) is 3.63. The molecular weight excluding hydrogens is 180 g/mol. The van der Waals surface area contributed by atoms with Crippen LogP contribution in [0.1, 0.15) is 24.1 Å². The number of ether oxygens (including phenoxy) is 1. The zero-order valence-corrected chi connectivity index (χ0v) is 8.49. The van der Waals surface area contributed by atoms with Crippen LogP contribution in [0.4, 0.5) is 0 Å². The fourth-order valence-electron chi connectivity index (χ4n) is 1.90. The summed E-state index contributed by atoms with van der Waals surface area (Å²) < 4.78 is 7.39. The maximum atomic E-state index is 8.66. The van der Waals surface area contributed by atoms with Gasteiger partial charge in [0.2, 0.25) is 5.88 Å². The molecule has 2 rings (SSSR count). The van der Waals surface area contributed by atoms with Gasteiger partial charge in [-0.15, -0.1) is 5.10 Å². The van der Waals surface area contributed by atoms with Crippen LogP contribution in [0.25, 0.3) is 0 Å². The van der Waals surface area contributed by atoms with Crippen molar-refractivity contribution in [1.29, 1.82) is 0 Å². The third kappa shape index (κ3) is 1.62. The van der Waals surface area contributed by atoms with Gasteiger partial charge in [-0.05, 0) is 26.2 Å². The normalized spacial score (nSPS) is 15.3. The predicted molar refractivity (Wildman–Crippen MR) is 52.5 cm³/mol. The van der Waals surface area contributed by atoms with Crippen molar-refractivity contribution < 1.29 is 9.84 Å². The highest BCUT2D eigenvalue weighted by Crippen LogP contribution is 2.25. The van der Waals surface area contributed by atoms with Crippen LogP contribution in [0.5, 0.6) is 5.88 Å². The minimum absolute atomic E-state index is 0.0433. The molecule has 0 unspecified atom stereocenters. The second-order valence-corrected chi connectivity index (χ2v) is 3.63. The number of aryl methyl sites for hydroxylation is 1. The smallest absolute Gasteiger partial charge is 0.236 e. The summed E-state index contributed by atoms with van der Waals surface area (Å²) >= 11 is 0. The Balaban J connectivity index is 2.20. The molecule has 0 radical (unpaired) electrons. The fourth-order valence-corrected chi connectivity index (χ4v) is 1.90. The number of hydrogen-bond acceptors (Lipinski definition) is 3. The maximum Gasteiger partial charge on any atom is 0.236 e. The van der Waals surface area contributed by atoms with E-state index in [2.05, 4.69) is 5.10 Å². The minimum Gasteiger partial charge on any atom is -0.474 e. The van der Waals surface area contributed by atoms with Crippen molar-refractivity contribution >= 4 is 0 Å². The summed E-state index contributed by atoms with van der Waals surface area (Å²) in [6.07, 6.45) is 3.54. The lowest BCUT2D eigenvalue weighted by Gasteiger charge is -2.12. The van der Waals surface area contributed by atoms with Crippen LogP contribution in [-0.4, -0.2) is 28.1 Å². The predicted octanol–water partition coefficient (Wildman–Crippen LogP) is 0.899. The van der Waals surface area contributed by atoms with Crippen LogP contribution in [0.3, 0.4) is 0 Å². The van der Waals surface area contributed by atoms with Gasteiger partial charge in [-0.1, -0.05) is 0 Å². The zero-order chi connectivity index (χ0) is 9.97. The van der Waals surface area contributed by atoms with Crippen LogP contribution >= 0.6 is 0 Å². The summed E-state index contributed by atoms with van der Waals surface area (Å²) in [5.74, 6) is 0.691. The molecule has 0 saturated heterocycles. The lowest BCUT2D eigenvalue weighted by Crippen LogP contribution is -2.11. The van der Waals surface area contributed by atoms with E-state index in [1.54, 1.807) is 0 Å². The highest BCUT2D eigenvalue weighted by Gasteiger charge is 2.17. The van der Waals surface area contributed by atoms with Gasteiger partial charge in [0.25, 0.3) is 0 Å². The van der Waals surface area contributed by atoms with Gasteiger partial charge in [-0.2, -0.15) is 0 Å². The highest BCUT2D eigenvalue weighted by atomic mass is 16.5. The molecule has 4 heteroatoms. The topological polar surface area (TPSA) is 47.3 Å². The van der Waals surface area contributed by atoms with Crippen LogP contribution in [-0.2, 0) is 13.0 Å². The van der Waals surface area contributed by atoms with E-state index in [1.807, 2.05) is 11.6 Å². The molecule has 1 aliphatic rings. The molecule has 0 aromatic carbocycles. The van der Waals surface area contributed by atoms with Crippen molar-refractivity contribution in [3.8, 4) is 5.88 Å². The number of nitrogens with zero attached hydrogens (tertiary/aromatic N) is 2. The minimum atomic E-state index is 0.0433. The molecule has 0 atom stereocenters. The van der Waals surface area contributed by atoms with Crippen LogP contribution in [0, 0.1) is 6.92 Å². The average Bonchev–Trinajstić information content (AvgIpc) is 2.54. The van der Waals surface area contributed by atoms with Crippen LogP contribution < -0.4 is 4.74 Å². The van der Waals surface area contributed by atoms with E-state index in [9.17, 15) is 0 Å². The zero-order valence-electron chi connectivity index (χ0n) is 8.49. The van der Waals surface area contributed by atoms with Gasteiger partial charge in [-0.3, -0.25) is 4.68 Å². The van der Waals surface area contributed by atoms with Crippen LogP contribution in [0.2, 0.25) is 0 Å². The molecule has 1 aliphatic heterocycles. The molecule has 2 heterocycles. The largest absolute Gasteiger partial charge is 0.474 e. The van der Waals surface area contributed by atoms with Gasteiger partial charge in [0, 0.05) is 17.8 Å². The number of rotatable bonds is 3. The first-order valence-electron chi connectivity index (χ1n) is 5.13. The molecule has 1 aromatic heterocycles. The molecule has 0 fully saturated rings. The Bertz CT molecular complexity index is 320. The average molecular weight is 196 g/mol. The Hall–Kier alpha value is -1.03. The Morgan fingerprint density at radius 2 is 2.36 bits per heavy atom. The number of aromatic nitrogens is 2. The van der Waals surface area contributed by atoms with E-state index in [-0.39, 0.29) is 6.61 Å². The van der Waals surface area contributed by atoms with Crippen molar-refractivity contribution in [3.63, 3.8) is 0 Å². The molecular formula is C10H16N2O2. The molecule has 1 N–H and O–H groups in total. The van der Waals surface area contributed by atoms with Gasteiger partial charge in [-0.25, -0.2) is 0 Å². The Morgan fingerprint density at radius 1 is 1.50 bits per heavy atom. The summed E-state index contributed by atoms with van der Waals surface area (Å²) in [4.78, 5) is 0. The van der Waals surface area contributed by atoms with E-state index in [0.717, 1.165) is 18.5 Å². The summed E-state index contributed by atoms with van der Waals surface area (Å²) in [5.41, 5.74) is 2.43. The summed E-state index contributed by atoms with van der Waals surface area (Å²) in [7, 11) is 0. The van der Waals surface area contributed by atoms with Gasteiger partial charge in [0.15, 0.2) is 0 Å². The number of aliphatic hydroxyl groups excluding tert-OH is 1. The Labute approximate surface area is 83.5 Å². The third-order valence-electron chi connectivity index (χ3n) is 2.64. The van der Waals surface area contributed by atoms with Crippen molar-refractivity contribution in [1.82, 2.24) is 9.78 Å². The second kappa shape index (κ2) is 4.00. The Morgan fingerprint density at radius 3 is 3.07 bits per heavy atom. The van der Waals surface area contributed by atoms with Gasteiger partial charge >= 0.3 is 0 Å². The summed E-state index contributed by atoms with van der Waals surface area (Å²) in [5, 5.41) is 13.0. The van der Waals surface area contributed by atoms with Crippen molar-refractivity contribution in [3.05, 3.63) is 11.3 Å². The van der Waals surface area contributed by atoms with Crippen molar-refractivity contribution in [2.75, 3.05) is 13.2 Å². The standard InChI is InChI=1S/C10H16N2O2/c1-8-9-4-2-3-5-12(9)11-10(8)14-7-6-13/h13H,2-7H2,1H3.